The van der Waals surface area contributed by atoms with Crippen LogP contribution in [0.5, 0.6) is 0 Å². The second-order valence-corrected chi connectivity index (χ2v) is 7.33. The first-order valence-electron chi connectivity index (χ1n) is 7.13. The number of esters is 1. The van der Waals surface area contributed by atoms with Crippen molar-refractivity contribution in [1.29, 1.82) is 0 Å². The van der Waals surface area contributed by atoms with Crippen LogP contribution in [-0.2, 0) is 19.4 Å². The summed E-state index contributed by atoms with van der Waals surface area (Å²) >= 11 is 0. The van der Waals surface area contributed by atoms with Gasteiger partial charge in [-0.2, -0.15) is 0 Å². The van der Waals surface area contributed by atoms with E-state index in [9.17, 15) is 18.0 Å². The number of likely N-dealkylation sites (tertiary alicyclic amines) is 1. The van der Waals surface area contributed by atoms with Crippen molar-refractivity contribution in [3.05, 3.63) is 29.8 Å². The molecule has 0 radical (unpaired) electrons. The summed E-state index contributed by atoms with van der Waals surface area (Å²) in [6.07, 6.45) is 4.17. The van der Waals surface area contributed by atoms with Crippen LogP contribution in [0.25, 0.3) is 0 Å². The second-order valence-electron chi connectivity index (χ2n) is 5.31. The van der Waals surface area contributed by atoms with Crippen LogP contribution in [0.1, 0.15) is 29.6 Å². The molecule has 1 aliphatic heterocycles. The van der Waals surface area contributed by atoms with Crippen LogP contribution in [0.2, 0.25) is 0 Å². The number of hydrogen-bond donors (Lipinski definition) is 0. The minimum Gasteiger partial charge on any atom is -0.452 e. The Labute approximate surface area is 130 Å². The van der Waals surface area contributed by atoms with Gasteiger partial charge in [-0.3, -0.25) is 4.79 Å². The first kappa shape index (κ1) is 16.5. The number of benzene rings is 1. The summed E-state index contributed by atoms with van der Waals surface area (Å²) in [5.41, 5.74) is 0.221. The van der Waals surface area contributed by atoms with E-state index in [1.807, 2.05) is 0 Å². The quantitative estimate of drug-likeness (QED) is 0.779. The van der Waals surface area contributed by atoms with Crippen LogP contribution in [0.3, 0.4) is 0 Å². The van der Waals surface area contributed by atoms with Gasteiger partial charge in [-0.1, -0.05) is 0 Å². The summed E-state index contributed by atoms with van der Waals surface area (Å²) in [7, 11) is -3.30. The van der Waals surface area contributed by atoms with Crippen molar-refractivity contribution >= 4 is 21.7 Å². The number of nitrogens with zero attached hydrogens (tertiary/aromatic N) is 1. The maximum atomic E-state index is 11.9. The summed E-state index contributed by atoms with van der Waals surface area (Å²) in [4.78, 5) is 25.6. The normalized spacial score (nSPS) is 15.4. The fourth-order valence-electron chi connectivity index (χ4n) is 2.28. The van der Waals surface area contributed by atoms with E-state index in [0.29, 0.717) is 13.1 Å². The van der Waals surface area contributed by atoms with E-state index in [2.05, 4.69) is 0 Å². The Morgan fingerprint density at radius 2 is 1.68 bits per heavy atom. The fraction of sp³-hybridized carbons (Fsp3) is 0.467. The summed E-state index contributed by atoms with van der Waals surface area (Å²) in [6, 6.07) is 5.45. The predicted octanol–water partition coefficient (Wildman–Crippen LogP) is 1.26. The highest BCUT2D eigenvalue weighted by Gasteiger charge is 2.18. The maximum absolute atomic E-state index is 11.9. The standard InChI is InChI=1S/C15H19NO5S/c1-22(19,20)13-7-5-12(6-8-13)15(18)21-11-14(17)16-9-3-2-4-10-16/h5-8H,2-4,9-11H2,1H3. The number of sulfone groups is 1. The van der Waals surface area contributed by atoms with Crippen molar-refractivity contribution in [2.24, 2.45) is 0 Å². The van der Waals surface area contributed by atoms with Crippen molar-refractivity contribution in [3.63, 3.8) is 0 Å². The van der Waals surface area contributed by atoms with Gasteiger partial charge < -0.3 is 9.64 Å². The topological polar surface area (TPSA) is 80.7 Å². The number of hydrogen-bond acceptors (Lipinski definition) is 5. The molecular weight excluding hydrogens is 306 g/mol. The first-order valence-corrected chi connectivity index (χ1v) is 9.02. The fourth-order valence-corrected chi connectivity index (χ4v) is 2.91. The third-order valence-electron chi connectivity index (χ3n) is 3.55. The van der Waals surface area contributed by atoms with Gasteiger partial charge in [-0.25, -0.2) is 13.2 Å². The second kappa shape index (κ2) is 6.91. The molecule has 0 aromatic heterocycles. The Kier molecular flexibility index (Phi) is 5.18. The zero-order chi connectivity index (χ0) is 16.2. The molecule has 120 valence electrons. The SMILES string of the molecule is CS(=O)(=O)c1ccc(C(=O)OCC(=O)N2CCCCC2)cc1. The number of piperidine rings is 1. The third kappa shape index (κ3) is 4.30. The Bertz CT molecular complexity index is 645. The number of carbonyl (C=O) groups excluding carboxylic acids is 2. The summed E-state index contributed by atoms with van der Waals surface area (Å²) in [6.45, 7) is 1.13. The number of amides is 1. The Balaban J connectivity index is 1.90. The Morgan fingerprint density at radius 3 is 2.23 bits per heavy atom. The van der Waals surface area contributed by atoms with Gasteiger partial charge in [0.05, 0.1) is 10.5 Å². The molecule has 7 heteroatoms. The van der Waals surface area contributed by atoms with Gasteiger partial charge in [0, 0.05) is 19.3 Å². The maximum Gasteiger partial charge on any atom is 0.338 e. The number of rotatable bonds is 4. The summed E-state index contributed by atoms with van der Waals surface area (Å²) in [5, 5.41) is 0. The van der Waals surface area contributed by atoms with Gasteiger partial charge >= 0.3 is 5.97 Å². The van der Waals surface area contributed by atoms with Crippen molar-refractivity contribution in [2.45, 2.75) is 24.2 Å². The van der Waals surface area contributed by atoms with E-state index >= 15 is 0 Å². The van der Waals surface area contributed by atoms with Crippen LogP contribution in [0.15, 0.2) is 29.2 Å². The van der Waals surface area contributed by atoms with Crippen molar-refractivity contribution in [3.8, 4) is 0 Å². The van der Waals surface area contributed by atoms with Crippen molar-refractivity contribution in [1.82, 2.24) is 4.90 Å². The van der Waals surface area contributed by atoms with E-state index in [-0.39, 0.29) is 23.0 Å². The smallest absolute Gasteiger partial charge is 0.338 e. The minimum atomic E-state index is -3.30. The van der Waals surface area contributed by atoms with Gasteiger partial charge in [-0.15, -0.1) is 0 Å². The lowest BCUT2D eigenvalue weighted by molar-refractivity contribution is -0.135. The van der Waals surface area contributed by atoms with E-state index in [1.54, 1.807) is 4.90 Å². The molecule has 1 aromatic carbocycles. The lowest BCUT2D eigenvalue weighted by atomic mass is 10.1. The van der Waals surface area contributed by atoms with E-state index in [4.69, 9.17) is 4.74 Å². The molecule has 6 nitrogen and oxygen atoms in total. The van der Waals surface area contributed by atoms with Gasteiger partial charge in [-0.05, 0) is 43.5 Å². The van der Waals surface area contributed by atoms with Gasteiger partial charge in [0.25, 0.3) is 5.91 Å². The van der Waals surface area contributed by atoms with Crippen LogP contribution in [0.4, 0.5) is 0 Å². The highest BCUT2D eigenvalue weighted by atomic mass is 32.2. The average Bonchev–Trinajstić information content (AvgIpc) is 2.52. The zero-order valence-electron chi connectivity index (χ0n) is 12.4. The molecule has 1 aliphatic rings. The molecule has 0 bridgehead atoms. The third-order valence-corrected chi connectivity index (χ3v) is 4.68. The lowest BCUT2D eigenvalue weighted by Crippen LogP contribution is -2.38. The number of carbonyl (C=O) groups is 2. The van der Waals surface area contributed by atoms with Crippen molar-refractivity contribution < 1.29 is 22.7 Å². The first-order chi connectivity index (χ1) is 10.4. The van der Waals surface area contributed by atoms with E-state index < -0.39 is 15.8 Å². The summed E-state index contributed by atoms with van der Waals surface area (Å²) < 4.78 is 27.7. The molecular formula is C15H19NO5S. The molecule has 1 amide bonds. The molecule has 0 N–H and O–H groups in total. The van der Waals surface area contributed by atoms with Crippen molar-refractivity contribution in [2.75, 3.05) is 26.0 Å². The molecule has 1 aromatic rings. The average molecular weight is 325 g/mol. The zero-order valence-corrected chi connectivity index (χ0v) is 13.3. The molecule has 0 atom stereocenters. The molecule has 1 heterocycles. The van der Waals surface area contributed by atoms with E-state index in [1.165, 1.54) is 24.3 Å². The monoisotopic (exact) mass is 325 g/mol. The molecule has 0 saturated carbocycles. The number of ether oxygens (including phenoxy) is 1. The Morgan fingerprint density at radius 1 is 1.09 bits per heavy atom. The minimum absolute atomic E-state index is 0.133. The molecule has 22 heavy (non-hydrogen) atoms. The van der Waals surface area contributed by atoms with Crippen LogP contribution in [-0.4, -0.2) is 51.1 Å². The highest BCUT2D eigenvalue weighted by Crippen LogP contribution is 2.12. The molecule has 2 rings (SSSR count). The van der Waals surface area contributed by atoms with Gasteiger partial charge in [0.2, 0.25) is 0 Å². The van der Waals surface area contributed by atoms with Gasteiger partial charge in [0.15, 0.2) is 16.4 Å². The molecule has 1 saturated heterocycles. The largest absolute Gasteiger partial charge is 0.452 e. The highest BCUT2D eigenvalue weighted by molar-refractivity contribution is 7.90. The van der Waals surface area contributed by atoms with Crippen LogP contribution < -0.4 is 0 Å². The molecule has 0 unspecified atom stereocenters. The van der Waals surface area contributed by atoms with E-state index in [0.717, 1.165) is 25.5 Å². The van der Waals surface area contributed by atoms with Gasteiger partial charge in [0.1, 0.15) is 0 Å². The lowest BCUT2D eigenvalue weighted by Gasteiger charge is -2.26. The molecule has 1 fully saturated rings. The van der Waals surface area contributed by atoms with Crippen LogP contribution >= 0.6 is 0 Å². The van der Waals surface area contributed by atoms with Crippen LogP contribution in [0, 0.1) is 0 Å². The molecule has 0 spiro atoms. The predicted molar refractivity (Wildman–Crippen MR) is 80.3 cm³/mol. The summed E-state index contributed by atoms with van der Waals surface area (Å²) in [5.74, 6) is -0.828. The molecule has 0 aliphatic carbocycles. The Hall–Kier alpha value is -1.89.